The number of likely N-dealkylation sites (tertiary alicyclic amines) is 1. The lowest BCUT2D eigenvalue weighted by atomic mass is 9.82. The molecule has 156 valence electrons. The summed E-state index contributed by atoms with van der Waals surface area (Å²) in [6.07, 6.45) is 7.62. The van der Waals surface area contributed by atoms with E-state index in [-0.39, 0.29) is 23.6 Å². The second-order valence-corrected chi connectivity index (χ2v) is 8.16. The molecule has 0 radical (unpaired) electrons. The molecule has 3 aliphatic rings. The average Bonchev–Trinajstić information content (AvgIpc) is 2.74. The Kier molecular flexibility index (Phi) is 5.99. The number of amides is 1. The van der Waals surface area contributed by atoms with E-state index in [1.54, 1.807) is 12.1 Å². The third-order valence-corrected chi connectivity index (χ3v) is 5.87. The van der Waals surface area contributed by atoms with Crippen LogP contribution in [0.25, 0.3) is 6.08 Å². The van der Waals surface area contributed by atoms with Gasteiger partial charge in [0.1, 0.15) is 11.4 Å². The smallest absolute Gasteiger partial charge is 0.267 e. The van der Waals surface area contributed by atoms with Gasteiger partial charge in [0.25, 0.3) is 5.91 Å². The molecule has 0 saturated carbocycles. The van der Waals surface area contributed by atoms with E-state index in [2.05, 4.69) is 17.4 Å². The van der Waals surface area contributed by atoms with E-state index < -0.39 is 0 Å². The van der Waals surface area contributed by atoms with Crippen LogP contribution in [0.1, 0.15) is 54.4 Å². The number of carbonyl (C=O) groups excluding carboxylic acids is 2. The maximum Gasteiger partial charge on any atom is 0.267 e. The van der Waals surface area contributed by atoms with Crippen molar-refractivity contribution in [3.05, 3.63) is 35.4 Å². The summed E-state index contributed by atoms with van der Waals surface area (Å²) < 4.78 is 11.7. The van der Waals surface area contributed by atoms with Gasteiger partial charge in [-0.2, -0.15) is 0 Å². The Hall–Kier alpha value is -2.22. The second-order valence-electron chi connectivity index (χ2n) is 8.16. The van der Waals surface area contributed by atoms with Crippen molar-refractivity contribution < 1.29 is 23.9 Å². The number of ketones is 1. The molecule has 0 aromatic heterocycles. The van der Waals surface area contributed by atoms with Crippen LogP contribution in [-0.4, -0.2) is 55.2 Å². The highest BCUT2D eigenvalue weighted by Crippen LogP contribution is 2.39. The number of rotatable bonds is 4. The SMILES string of the molecule is CN1CCC2(CC1)CC(=O)c1cc(/C=C/C(=O)NOC3CCCCO3)ccc1O2. The number of fused-ring (bicyclic) bond motifs is 1. The van der Waals surface area contributed by atoms with Crippen LogP contribution in [0.5, 0.6) is 5.75 Å². The molecule has 3 aliphatic heterocycles. The summed E-state index contributed by atoms with van der Waals surface area (Å²) in [6.45, 7) is 2.53. The van der Waals surface area contributed by atoms with Crippen molar-refractivity contribution in [3.8, 4) is 5.75 Å². The molecule has 7 nitrogen and oxygen atoms in total. The zero-order valence-corrected chi connectivity index (χ0v) is 16.8. The van der Waals surface area contributed by atoms with Crippen molar-refractivity contribution in [1.82, 2.24) is 10.4 Å². The number of hydrogen-bond donors (Lipinski definition) is 1. The van der Waals surface area contributed by atoms with Crippen molar-refractivity contribution >= 4 is 17.8 Å². The maximum atomic E-state index is 12.8. The molecule has 29 heavy (non-hydrogen) atoms. The van der Waals surface area contributed by atoms with Crippen LogP contribution in [0.4, 0.5) is 0 Å². The van der Waals surface area contributed by atoms with Crippen molar-refractivity contribution in [2.24, 2.45) is 0 Å². The van der Waals surface area contributed by atoms with Crippen LogP contribution >= 0.6 is 0 Å². The van der Waals surface area contributed by atoms with E-state index in [9.17, 15) is 9.59 Å². The van der Waals surface area contributed by atoms with Gasteiger partial charge in [-0.15, -0.1) is 0 Å². The van der Waals surface area contributed by atoms with Crippen molar-refractivity contribution in [2.75, 3.05) is 26.7 Å². The zero-order valence-electron chi connectivity index (χ0n) is 16.8. The Balaban J connectivity index is 1.37. The Bertz CT molecular complexity index is 792. The lowest BCUT2D eigenvalue weighted by molar-refractivity contribution is -0.198. The van der Waals surface area contributed by atoms with Gasteiger partial charge in [0, 0.05) is 45.0 Å². The summed E-state index contributed by atoms with van der Waals surface area (Å²) in [4.78, 5) is 32.3. The number of hydroxylamine groups is 1. The minimum Gasteiger partial charge on any atom is -0.486 e. The summed E-state index contributed by atoms with van der Waals surface area (Å²) in [7, 11) is 2.09. The first-order valence-corrected chi connectivity index (χ1v) is 10.3. The van der Waals surface area contributed by atoms with E-state index >= 15 is 0 Å². The van der Waals surface area contributed by atoms with Crippen LogP contribution in [-0.2, 0) is 14.4 Å². The van der Waals surface area contributed by atoms with Crippen LogP contribution in [0.3, 0.4) is 0 Å². The van der Waals surface area contributed by atoms with E-state index in [0.29, 0.717) is 24.3 Å². The summed E-state index contributed by atoms with van der Waals surface area (Å²) in [6, 6.07) is 5.47. The highest BCUT2D eigenvalue weighted by Gasteiger charge is 2.42. The number of Topliss-reactive ketones (excluding diaryl/α,β-unsaturated/α-hetero) is 1. The first kappa shape index (κ1) is 20.1. The van der Waals surface area contributed by atoms with Crippen LogP contribution in [0.2, 0.25) is 0 Å². The standard InChI is InChI=1S/C22H28N2O5/c1-24-11-9-22(10-12-24)15-18(25)17-14-16(5-7-19(17)28-22)6-8-20(26)23-29-21-4-2-3-13-27-21/h5-8,14,21H,2-4,9-13,15H2,1H3,(H,23,26)/b8-6+. The predicted molar refractivity (Wildman–Crippen MR) is 107 cm³/mol. The lowest BCUT2D eigenvalue weighted by Gasteiger charge is -2.43. The number of piperidine rings is 1. The van der Waals surface area contributed by atoms with Gasteiger partial charge in [-0.3, -0.25) is 9.59 Å². The third kappa shape index (κ3) is 4.86. The number of ether oxygens (including phenoxy) is 2. The number of benzene rings is 1. The minimum atomic E-state index is -0.383. The molecule has 0 aliphatic carbocycles. The first-order valence-electron chi connectivity index (χ1n) is 10.3. The molecular formula is C22H28N2O5. The van der Waals surface area contributed by atoms with Crippen LogP contribution in [0.15, 0.2) is 24.3 Å². The number of carbonyl (C=O) groups is 2. The van der Waals surface area contributed by atoms with Gasteiger partial charge in [-0.05, 0) is 43.7 Å². The van der Waals surface area contributed by atoms with Gasteiger partial charge in [0.15, 0.2) is 12.1 Å². The molecule has 4 rings (SSSR count). The first-order chi connectivity index (χ1) is 14.0. The molecular weight excluding hydrogens is 372 g/mol. The van der Waals surface area contributed by atoms with Gasteiger partial charge in [0.2, 0.25) is 0 Å². The normalized spacial score (nSPS) is 24.3. The molecule has 3 heterocycles. The second kappa shape index (κ2) is 8.65. The van der Waals surface area contributed by atoms with E-state index in [4.69, 9.17) is 14.3 Å². The van der Waals surface area contributed by atoms with Crippen LogP contribution < -0.4 is 10.2 Å². The molecule has 1 spiro atoms. The van der Waals surface area contributed by atoms with Crippen molar-refractivity contribution in [1.29, 1.82) is 0 Å². The third-order valence-electron chi connectivity index (χ3n) is 5.87. The molecule has 2 saturated heterocycles. The Morgan fingerprint density at radius 1 is 1.31 bits per heavy atom. The van der Waals surface area contributed by atoms with Crippen molar-refractivity contribution in [3.63, 3.8) is 0 Å². The lowest BCUT2D eigenvalue weighted by Crippen LogP contribution is -2.50. The fourth-order valence-corrected chi connectivity index (χ4v) is 4.05. The molecule has 1 aromatic rings. The maximum absolute atomic E-state index is 12.8. The molecule has 1 amide bonds. The Labute approximate surface area is 170 Å². The molecule has 2 fully saturated rings. The van der Waals surface area contributed by atoms with Gasteiger partial charge in [-0.25, -0.2) is 10.3 Å². The fourth-order valence-electron chi connectivity index (χ4n) is 4.05. The van der Waals surface area contributed by atoms with Gasteiger partial charge >= 0.3 is 0 Å². The number of nitrogens with one attached hydrogen (secondary N) is 1. The molecule has 1 unspecified atom stereocenters. The summed E-state index contributed by atoms with van der Waals surface area (Å²) in [5.41, 5.74) is 3.38. The summed E-state index contributed by atoms with van der Waals surface area (Å²) in [5.74, 6) is 0.378. The highest BCUT2D eigenvalue weighted by atomic mass is 16.8. The fraction of sp³-hybridized carbons (Fsp3) is 0.545. The summed E-state index contributed by atoms with van der Waals surface area (Å²) >= 11 is 0. The van der Waals surface area contributed by atoms with E-state index in [1.807, 2.05) is 12.1 Å². The van der Waals surface area contributed by atoms with Crippen LogP contribution in [0, 0.1) is 0 Å². The largest absolute Gasteiger partial charge is 0.486 e. The Morgan fingerprint density at radius 2 is 2.14 bits per heavy atom. The number of nitrogens with zero attached hydrogens (tertiary/aromatic N) is 1. The predicted octanol–water partition coefficient (Wildman–Crippen LogP) is 2.70. The van der Waals surface area contributed by atoms with Gasteiger partial charge in [-0.1, -0.05) is 6.07 Å². The zero-order chi connectivity index (χ0) is 20.3. The minimum absolute atomic E-state index is 0.105. The van der Waals surface area contributed by atoms with Gasteiger partial charge < -0.3 is 14.4 Å². The molecule has 1 aromatic carbocycles. The Morgan fingerprint density at radius 3 is 2.90 bits per heavy atom. The van der Waals surface area contributed by atoms with E-state index in [1.165, 1.54) is 6.08 Å². The monoisotopic (exact) mass is 400 g/mol. The van der Waals surface area contributed by atoms with Crippen molar-refractivity contribution in [2.45, 2.75) is 50.4 Å². The topological polar surface area (TPSA) is 77.1 Å². The molecule has 1 atom stereocenters. The van der Waals surface area contributed by atoms with E-state index in [0.717, 1.165) is 50.8 Å². The van der Waals surface area contributed by atoms with Gasteiger partial charge in [0.05, 0.1) is 12.0 Å². The molecule has 0 bridgehead atoms. The quantitative estimate of drug-likeness (QED) is 0.619. The molecule has 7 heteroatoms. The summed E-state index contributed by atoms with van der Waals surface area (Å²) in [5, 5.41) is 0. The average molecular weight is 400 g/mol. The number of hydrogen-bond acceptors (Lipinski definition) is 6. The highest BCUT2D eigenvalue weighted by molar-refractivity contribution is 6.01. The molecule has 1 N–H and O–H groups in total.